The Morgan fingerprint density at radius 2 is 2.33 bits per heavy atom. The van der Waals surface area contributed by atoms with E-state index < -0.39 is 0 Å². The molecule has 7 heteroatoms. The molecule has 2 rings (SSSR count). The van der Waals surface area contributed by atoms with E-state index in [2.05, 4.69) is 20.5 Å². The lowest BCUT2D eigenvalue weighted by molar-refractivity contribution is 0.102. The number of aromatic amines is 1. The molecule has 0 unspecified atom stereocenters. The fraction of sp³-hybridized carbons (Fsp3) is 0.0909. The number of hydrogen-bond donors (Lipinski definition) is 2. The largest absolute Gasteiger partial charge is 0.291 e. The van der Waals surface area contributed by atoms with Gasteiger partial charge in [-0.2, -0.15) is 15.3 Å². The number of aromatic nitrogens is 3. The van der Waals surface area contributed by atoms with Crippen molar-refractivity contribution >= 4 is 23.6 Å². The normalized spacial score (nSPS) is 9.72. The number of nitrogens with zero attached hydrogens (tertiary/aromatic N) is 3. The Morgan fingerprint density at radius 1 is 1.50 bits per heavy atom. The van der Waals surface area contributed by atoms with E-state index in [9.17, 15) is 4.79 Å². The van der Waals surface area contributed by atoms with Crippen LogP contribution in [0.4, 0.5) is 5.95 Å². The Balaban J connectivity index is 2.17. The fourth-order valence-corrected chi connectivity index (χ4v) is 2.04. The van der Waals surface area contributed by atoms with E-state index in [1.54, 1.807) is 18.2 Å². The van der Waals surface area contributed by atoms with Gasteiger partial charge in [-0.05, 0) is 12.1 Å². The van der Waals surface area contributed by atoms with E-state index in [0.29, 0.717) is 17.3 Å². The minimum absolute atomic E-state index is 0.284. The number of amides is 1. The molecule has 1 aromatic heterocycles. The third-order valence-electron chi connectivity index (χ3n) is 2.07. The molecule has 1 amide bonds. The van der Waals surface area contributed by atoms with Gasteiger partial charge >= 0.3 is 0 Å². The first kappa shape index (κ1) is 12.1. The highest BCUT2D eigenvalue weighted by molar-refractivity contribution is 7.99. The van der Waals surface area contributed by atoms with Crippen LogP contribution in [-0.2, 0) is 0 Å². The van der Waals surface area contributed by atoms with Crippen LogP contribution in [-0.4, -0.2) is 26.8 Å². The molecule has 0 fully saturated rings. The first-order valence-corrected chi connectivity index (χ1v) is 6.05. The molecule has 0 saturated carbocycles. The number of H-pyrrole nitrogens is 1. The monoisotopic (exact) mass is 259 g/mol. The predicted molar refractivity (Wildman–Crippen MR) is 67.1 cm³/mol. The Labute approximate surface area is 107 Å². The zero-order valence-electron chi connectivity index (χ0n) is 9.25. The molecule has 1 aromatic carbocycles. The molecule has 90 valence electrons. The van der Waals surface area contributed by atoms with Crippen LogP contribution >= 0.6 is 11.8 Å². The van der Waals surface area contributed by atoms with Crippen LogP contribution in [0.2, 0.25) is 0 Å². The molecule has 18 heavy (non-hydrogen) atoms. The van der Waals surface area contributed by atoms with Crippen molar-refractivity contribution in [2.75, 3.05) is 11.1 Å². The number of anilines is 1. The minimum atomic E-state index is -0.284. The van der Waals surface area contributed by atoms with Gasteiger partial charge in [0.25, 0.3) is 5.91 Å². The average molecular weight is 259 g/mol. The number of thioether (sulfide) groups is 1. The van der Waals surface area contributed by atoms with E-state index in [4.69, 9.17) is 5.26 Å². The SMILES string of the molecule is N#CCSc1ccccc1C(=O)Nc1ncn[nH]1. The van der Waals surface area contributed by atoms with Crippen LogP contribution in [0.15, 0.2) is 35.5 Å². The Morgan fingerprint density at radius 3 is 3.06 bits per heavy atom. The van der Waals surface area contributed by atoms with E-state index in [0.717, 1.165) is 4.90 Å². The molecule has 2 aromatic rings. The molecule has 6 nitrogen and oxygen atoms in total. The highest BCUT2D eigenvalue weighted by Gasteiger charge is 2.12. The summed E-state index contributed by atoms with van der Waals surface area (Å²) in [5.74, 6) is 0.306. The van der Waals surface area contributed by atoms with Crippen molar-refractivity contribution in [2.45, 2.75) is 4.90 Å². The second-order valence-electron chi connectivity index (χ2n) is 3.23. The molecule has 0 radical (unpaired) electrons. The lowest BCUT2D eigenvalue weighted by atomic mass is 10.2. The van der Waals surface area contributed by atoms with Gasteiger partial charge in [-0.3, -0.25) is 10.1 Å². The smallest absolute Gasteiger partial charge is 0.259 e. The highest BCUT2D eigenvalue weighted by Crippen LogP contribution is 2.22. The molecule has 0 atom stereocenters. The molecule has 0 bridgehead atoms. The molecule has 1 heterocycles. The van der Waals surface area contributed by atoms with Gasteiger partial charge in [-0.1, -0.05) is 12.1 Å². The van der Waals surface area contributed by atoms with Crippen LogP contribution in [0, 0.1) is 11.3 Å². The van der Waals surface area contributed by atoms with Crippen LogP contribution in [0.25, 0.3) is 0 Å². The number of hydrogen-bond acceptors (Lipinski definition) is 5. The van der Waals surface area contributed by atoms with Gasteiger partial charge in [0.15, 0.2) is 0 Å². The van der Waals surface area contributed by atoms with Gasteiger partial charge in [-0.25, -0.2) is 5.10 Å². The van der Waals surface area contributed by atoms with Crippen LogP contribution < -0.4 is 5.32 Å². The third kappa shape index (κ3) is 2.87. The van der Waals surface area contributed by atoms with Gasteiger partial charge in [0, 0.05) is 4.90 Å². The number of carbonyl (C=O) groups is 1. The summed E-state index contributed by atoms with van der Waals surface area (Å²) in [5.41, 5.74) is 0.508. The Hall–Kier alpha value is -2.33. The van der Waals surface area contributed by atoms with Crippen molar-refractivity contribution in [2.24, 2.45) is 0 Å². The molecule has 0 spiro atoms. The van der Waals surface area contributed by atoms with Crippen LogP contribution in [0.3, 0.4) is 0 Å². The van der Waals surface area contributed by atoms with Gasteiger partial charge in [0.2, 0.25) is 5.95 Å². The molecular formula is C11H9N5OS. The zero-order valence-corrected chi connectivity index (χ0v) is 10.1. The molecular weight excluding hydrogens is 250 g/mol. The number of benzene rings is 1. The van der Waals surface area contributed by atoms with Crippen molar-refractivity contribution in [3.05, 3.63) is 36.2 Å². The molecule has 0 aliphatic carbocycles. The summed E-state index contributed by atoms with van der Waals surface area (Å²) >= 11 is 1.32. The van der Waals surface area contributed by atoms with Crippen molar-refractivity contribution in [3.63, 3.8) is 0 Å². The van der Waals surface area contributed by atoms with Crippen molar-refractivity contribution < 1.29 is 4.79 Å². The number of rotatable bonds is 4. The third-order valence-corrected chi connectivity index (χ3v) is 3.01. The van der Waals surface area contributed by atoms with Gasteiger partial charge in [0.05, 0.1) is 17.4 Å². The lowest BCUT2D eigenvalue weighted by Crippen LogP contribution is -2.14. The highest BCUT2D eigenvalue weighted by atomic mass is 32.2. The van der Waals surface area contributed by atoms with Crippen LogP contribution in [0.5, 0.6) is 0 Å². The molecule has 0 aliphatic heterocycles. The number of nitriles is 1. The first-order chi connectivity index (χ1) is 8.81. The maximum Gasteiger partial charge on any atom is 0.259 e. The lowest BCUT2D eigenvalue weighted by Gasteiger charge is -2.06. The quantitative estimate of drug-likeness (QED) is 0.814. The first-order valence-electron chi connectivity index (χ1n) is 5.07. The predicted octanol–water partition coefficient (Wildman–Crippen LogP) is 1.67. The minimum Gasteiger partial charge on any atom is -0.291 e. The molecule has 2 N–H and O–H groups in total. The summed E-state index contributed by atoms with van der Waals surface area (Å²) in [5, 5.41) is 17.4. The summed E-state index contributed by atoms with van der Waals surface area (Å²) < 4.78 is 0. The topological polar surface area (TPSA) is 94.5 Å². The fourth-order valence-electron chi connectivity index (χ4n) is 1.33. The number of nitrogens with one attached hydrogen (secondary N) is 2. The number of carbonyl (C=O) groups excluding carboxylic acids is 1. The van der Waals surface area contributed by atoms with Crippen molar-refractivity contribution in [3.8, 4) is 6.07 Å². The zero-order chi connectivity index (χ0) is 12.8. The average Bonchev–Trinajstić information content (AvgIpc) is 2.89. The van der Waals surface area contributed by atoms with Gasteiger partial charge in [0.1, 0.15) is 6.33 Å². The van der Waals surface area contributed by atoms with E-state index in [1.807, 2.05) is 12.1 Å². The van der Waals surface area contributed by atoms with E-state index in [-0.39, 0.29) is 5.91 Å². The van der Waals surface area contributed by atoms with E-state index in [1.165, 1.54) is 18.1 Å². The van der Waals surface area contributed by atoms with Crippen molar-refractivity contribution in [1.29, 1.82) is 5.26 Å². The summed E-state index contributed by atoms with van der Waals surface area (Å²) in [7, 11) is 0. The summed E-state index contributed by atoms with van der Waals surface area (Å²) in [6.45, 7) is 0. The van der Waals surface area contributed by atoms with Gasteiger partial charge < -0.3 is 0 Å². The maximum atomic E-state index is 12.0. The Kier molecular flexibility index (Phi) is 3.94. The summed E-state index contributed by atoms with van der Waals surface area (Å²) in [6, 6.07) is 9.13. The maximum absolute atomic E-state index is 12.0. The molecule has 0 saturated heterocycles. The molecule has 0 aliphatic rings. The summed E-state index contributed by atoms with van der Waals surface area (Å²) in [4.78, 5) is 16.6. The second kappa shape index (κ2) is 5.84. The second-order valence-corrected chi connectivity index (χ2v) is 4.25. The Bertz CT molecular complexity index is 575. The van der Waals surface area contributed by atoms with Gasteiger partial charge in [-0.15, -0.1) is 11.8 Å². The van der Waals surface area contributed by atoms with Crippen LogP contribution in [0.1, 0.15) is 10.4 Å². The van der Waals surface area contributed by atoms with Crippen molar-refractivity contribution in [1.82, 2.24) is 15.2 Å². The summed E-state index contributed by atoms with van der Waals surface area (Å²) in [6.07, 6.45) is 1.31. The van der Waals surface area contributed by atoms with E-state index >= 15 is 0 Å². The standard InChI is InChI=1S/C11H9N5OS/c12-5-6-18-9-4-2-1-3-8(9)10(17)15-11-13-7-14-16-11/h1-4,7H,6H2,(H2,13,14,15,16,17).